The summed E-state index contributed by atoms with van der Waals surface area (Å²) in [5.74, 6) is 1.02. The fourth-order valence-electron chi connectivity index (χ4n) is 3.29. The summed E-state index contributed by atoms with van der Waals surface area (Å²) in [5.41, 5.74) is 2.33. The number of benzene rings is 2. The molecule has 0 unspecified atom stereocenters. The molecule has 0 saturated heterocycles. The number of amides is 1. The number of ether oxygens (including phenoxy) is 1. The van der Waals surface area contributed by atoms with Gasteiger partial charge in [-0.1, -0.05) is 13.3 Å². The van der Waals surface area contributed by atoms with E-state index in [9.17, 15) is 9.59 Å². The minimum Gasteiger partial charge on any atom is -0.494 e. The first-order chi connectivity index (χ1) is 14.5. The normalized spacial score (nSPS) is 10.9. The van der Waals surface area contributed by atoms with Crippen LogP contribution in [0.15, 0.2) is 46.9 Å². The average Bonchev–Trinajstić information content (AvgIpc) is 3.09. The van der Waals surface area contributed by atoms with Crippen LogP contribution in [0.3, 0.4) is 0 Å². The molecule has 1 amide bonds. The van der Waals surface area contributed by atoms with Crippen LogP contribution in [-0.2, 0) is 11.2 Å². The predicted octanol–water partition coefficient (Wildman–Crippen LogP) is 4.73. The zero-order chi connectivity index (χ0) is 21.5. The van der Waals surface area contributed by atoms with Crippen molar-refractivity contribution >= 4 is 28.3 Å². The van der Waals surface area contributed by atoms with Crippen LogP contribution < -0.4 is 10.1 Å². The van der Waals surface area contributed by atoms with Gasteiger partial charge in [0, 0.05) is 43.0 Å². The minimum atomic E-state index is -0.172. The van der Waals surface area contributed by atoms with Crippen LogP contribution in [0.4, 0.5) is 5.69 Å². The van der Waals surface area contributed by atoms with Gasteiger partial charge in [0.1, 0.15) is 17.1 Å². The van der Waals surface area contributed by atoms with E-state index in [1.807, 2.05) is 0 Å². The molecule has 0 aliphatic rings. The van der Waals surface area contributed by atoms with Crippen molar-refractivity contribution in [3.8, 4) is 5.75 Å². The summed E-state index contributed by atoms with van der Waals surface area (Å²) < 4.78 is 11.6. The van der Waals surface area contributed by atoms with Gasteiger partial charge in [-0.3, -0.25) is 9.59 Å². The monoisotopic (exact) mass is 409 g/mol. The lowest BCUT2D eigenvalue weighted by atomic mass is 9.98. The van der Waals surface area contributed by atoms with Crippen LogP contribution in [0.25, 0.3) is 11.0 Å². The van der Waals surface area contributed by atoms with Gasteiger partial charge in [-0.05, 0) is 48.9 Å². The SMILES string of the molecule is CCCCc1oc2ccc(NC(C)=O)cc2c1C(=O)c1ccc(OCCCO)cc1. The van der Waals surface area contributed by atoms with Gasteiger partial charge in [0.2, 0.25) is 5.91 Å². The van der Waals surface area contributed by atoms with Crippen molar-refractivity contribution in [1.29, 1.82) is 0 Å². The smallest absolute Gasteiger partial charge is 0.221 e. The first-order valence-electron chi connectivity index (χ1n) is 10.2. The number of unbranched alkanes of at least 4 members (excludes halogenated alkanes) is 1. The van der Waals surface area contributed by atoms with Crippen LogP contribution in [0.1, 0.15) is 54.8 Å². The average molecular weight is 409 g/mol. The fourth-order valence-corrected chi connectivity index (χ4v) is 3.29. The topological polar surface area (TPSA) is 88.8 Å². The van der Waals surface area contributed by atoms with Crippen LogP contribution in [0.2, 0.25) is 0 Å². The van der Waals surface area contributed by atoms with Crippen LogP contribution in [0.5, 0.6) is 5.75 Å². The summed E-state index contributed by atoms with van der Waals surface area (Å²) in [4.78, 5) is 24.8. The molecule has 0 bridgehead atoms. The van der Waals surface area contributed by atoms with Crippen molar-refractivity contribution in [2.75, 3.05) is 18.5 Å². The molecule has 0 aliphatic heterocycles. The van der Waals surface area contributed by atoms with E-state index in [1.54, 1.807) is 42.5 Å². The molecule has 30 heavy (non-hydrogen) atoms. The summed E-state index contributed by atoms with van der Waals surface area (Å²) >= 11 is 0. The third-order valence-corrected chi connectivity index (χ3v) is 4.75. The highest BCUT2D eigenvalue weighted by molar-refractivity contribution is 6.17. The van der Waals surface area contributed by atoms with Gasteiger partial charge in [-0.2, -0.15) is 0 Å². The molecule has 2 aromatic carbocycles. The van der Waals surface area contributed by atoms with Crippen LogP contribution in [-0.4, -0.2) is 30.0 Å². The number of carbonyl (C=O) groups is 2. The number of fused-ring (bicyclic) bond motifs is 1. The molecule has 0 saturated carbocycles. The number of hydrogen-bond donors (Lipinski definition) is 2. The van der Waals surface area contributed by atoms with Crippen molar-refractivity contribution in [3.05, 3.63) is 59.4 Å². The maximum absolute atomic E-state index is 13.4. The molecular weight excluding hydrogens is 382 g/mol. The van der Waals surface area contributed by atoms with E-state index < -0.39 is 0 Å². The number of carbonyl (C=O) groups excluding carboxylic acids is 2. The molecular formula is C24H27NO5. The number of rotatable bonds is 10. The van der Waals surface area contributed by atoms with Gasteiger partial charge < -0.3 is 19.6 Å². The van der Waals surface area contributed by atoms with Crippen molar-refractivity contribution in [3.63, 3.8) is 0 Å². The maximum atomic E-state index is 13.4. The molecule has 6 heteroatoms. The highest BCUT2D eigenvalue weighted by Gasteiger charge is 2.22. The number of furan rings is 1. The lowest BCUT2D eigenvalue weighted by Gasteiger charge is -2.07. The highest BCUT2D eigenvalue weighted by Crippen LogP contribution is 2.32. The van der Waals surface area contributed by atoms with Gasteiger partial charge in [0.25, 0.3) is 0 Å². The van der Waals surface area contributed by atoms with Crippen molar-refractivity contribution in [2.45, 2.75) is 39.5 Å². The number of anilines is 1. The second-order valence-electron chi connectivity index (χ2n) is 7.18. The lowest BCUT2D eigenvalue weighted by molar-refractivity contribution is -0.114. The minimum absolute atomic E-state index is 0.0745. The van der Waals surface area contributed by atoms with Gasteiger partial charge >= 0.3 is 0 Å². The Morgan fingerprint density at radius 3 is 2.53 bits per heavy atom. The number of nitrogens with one attached hydrogen (secondary N) is 1. The Balaban J connectivity index is 1.96. The zero-order valence-electron chi connectivity index (χ0n) is 17.4. The second kappa shape index (κ2) is 10.1. The molecule has 0 fully saturated rings. The van der Waals surface area contributed by atoms with Gasteiger partial charge in [0.15, 0.2) is 5.78 Å². The van der Waals surface area contributed by atoms with Crippen LogP contribution in [0, 0.1) is 0 Å². The summed E-state index contributed by atoms with van der Waals surface area (Å²) in [5, 5.41) is 12.3. The molecule has 6 nitrogen and oxygen atoms in total. The van der Waals surface area contributed by atoms with Crippen molar-refractivity contribution < 1.29 is 23.8 Å². The first-order valence-corrected chi connectivity index (χ1v) is 10.2. The van der Waals surface area contributed by atoms with E-state index in [0.717, 1.165) is 12.8 Å². The Labute approximate surface area is 175 Å². The third-order valence-electron chi connectivity index (χ3n) is 4.75. The molecule has 3 aromatic rings. The number of aliphatic hydroxyl groups is 1. The molecule has 0 atom stereocenters. The summed E-state index contributed by atoms with van der Waals surface area (Å²) in [6.45, 7) is 4.03. The number of aliphatic hydroxyl groups excluding tert-OH is 1. The molecule has 2 N–H and O–H groups in total. The standard InChI is InChI=1S/C24H27NO5/c1-3-4-6-22-23(20-15-18(25-16(2)27)9-12-21(20)30-22)24(28)17-7-10-19(11-8-17)29-14-5-13-26/h7-12,15,26H,3-6,13-14H2,1-2H3,(H,25,27). The molecule has 1 heterocycles. The summed E-state index contributed by atoms with van der Waals surface area (Å²) in [6.07, 6.45) is 3.13. The van der Waals surface area contributed by atoms with Crippen LogP contribution >= 0.6 is 0 Å². The van der Waals surface area contributed by atoms with Crippen molar-refractivity contribution in [2.24, 2.45) is 0 Å². The zero-order valence-corrected chi connectivity index (χ0v) is 17.4. The van der Waals surface area contributed by atoms with E-state index in [0.29, 0.717) is 58.7 Å². The van der Waals surface area contributed by atoms with Gasteiger partial charge in [0.05, 0.1) is 12.2 Å². The highest BCUT2D eigenvalue weighted by atomic mass is 16.5. The Morgan fingerprint density at radius 1 is 1.10 bits per heavy atom. The Morgan fingerprint density at radius 2 is 1.87 bits per heavy atom. The predicted molar refractivity (Wildman–Crippen MR) is 116 cm³/mol. The quantitative estimate of drug-likeness (QED) is 0.373. The van der Waals surface area contributed by atoms with E-state index >= 15 is 0 Å². The fraction of sp³-hybridized carbons (Fsp3) is 0.333. The Hall–Kier alpha value is -3.12. The number of aryl methyl sites for hydroxylation is 1. The molecule has 158 valence electrons. The third kappa shape index (κ3) is 5.07. The molecule has 3 rings (SSSR count). The Bertz CT molecular complexity index is 1020. The second-order valence-corrected chi connectivity index (χ2v) is 7.18. The maximum Gasteiger partial charge on any atom is 0.221 e. The molecule has 0 aliphatic carbocycles. The first kappa shape index (κ1) is 21.6. The molecule has 0 spiro atoms. The van der Waals surface area contributed by atoms with E-state index in [1.165, 1.54) is 6.92 Å². The summed E-state index contributed by atoms with van der Waals surface area (Å²) in [7, 11) is 0. The van der Waals surface area contributed by atoms with Gasteiger partial charge in [-0.15, -0.1) is 0 Å². The van der Waals surface area contributed by atoms with Crippen molar-refractivity contribution in [1.82, 2.24) is 0 Å². The molecule has 1 aromatic heterocycles. The molecule has 0 radical (unpaired) electrons. The largest absolute Gasteiger partial charge is 0.494 e. The van der Waals surface area contributed by atoms with E-state index in [-0.39, 0.29) is 18.3 Å². The number of hydrogen-bond acceptors (Lipinski definition) is 5. The Kier molecular flexibility index (Phi) is 7.25. The summed E-state index contributed by atoms with van der Waals surface area (Å²) in [6, 6.07) is 12.3. The van der Waals surface area contributed by atoms with E-state index in [4.69, 9.17) is 14.3 Å². The van der Waals surface area contributed by atoms with E-state index in [2.05, 4.69) is 12.2 Å². The lowest BCUT2D eigenvalue weighted by Crippen LogP contribution is -2.06. The number of ketones is 1. The van der Waals surface area contributed by atoms with Gasteiger partial charge in [-0.25, -0.2) is 0 Å².